The summed E-state index contributed by atoms with van der Waals surface area (Å²) >= 11 is 0. The molecule has 0 N–H and O–H groups in total. The van der Waals surface area contributed by atoms with Crippen molar-refractivity contribution in [2.24, 2.45) is 0 Å². The Morgan fingerprint density at radius 2 is 1.72 bits per heavy atom. The highest BCUT2D eigenvalue weighted by atomic mass is 32.2. The zero-order valence-electron chi connectivity index (χ0n) is 14.6. The lowest BCUT2D eigenvalue weighted by molar-refractivity contribution is 0.389. The molecule has 0 saturated heterocycles. The molecule has 0 bridgehead atoms. The van der Waals surface area contributed by atoms with Crippen LogP contribution >= 0.6 is 7.14 Å². The van der Waals surface area contributed by atoms with Gasteiger partial charge in [0.25, 0.3) is 0 Å². The first kappa shape index (κ1) is 18.0. The van der Waals surface area contributed by atoms with Crippen molar-refractivity contribution in [1.82, 2.24) is 0 Å². The van der Waals surface area contributed by atoms with Crippen LogP contribution in [0.4, 0.5) is 0 Å². The third-order valence-corrected chi connectivity index (χ3v) is 9.39. The first-order valence-corrected chi connectivity index (χ1v) is 11.2. The lowest BCUT2D eigenvalue weighted by Gasteiger charge is -2.27. The highest BCUT2D eigenvalue weighted by Crippen LogP contribution is 2.63. The van der Waals surface area contributed by atoms with Crippen LogP contribution in [0.5, 0.6) is 11.5 Å². The van der Waals surface area contributed by atoms with E-state index < -0.39 is 22.4 Å². The summed E-state index contributed by atoms with van der Waals surface area (Å²) in [6.45, 7) is 7.45. The molecule has 1 heterocycles. The van der Waals surface area contributed by atoms with Crippen LogP contribution in [-0.4, -0.2) is 19.9 Å². The Morgan fingerprint density at radius 3 is 2.32 bits per heavy atom. The van der Waals surface area contributed by atoms with Gasteiger partial charge in [-0.3, -0.25) is 0 Å². The predicted molar refractivity (Wildman–Crippen MR) is 97.9 cm³/mol. The minimum Gasteiger partial charge on any atom is -0.485 e. The first-order chi connectivity index (χ1) is 11.5. The Kier molecular flexibility index (Phi) is 4.25. The Morgan fingerprint density at radius 1 is 1.08 bits per heavy atom. The number of rotatable bonds is 3. The Bertz CT molecular complexity index is 956. The van der Waals surface area contributed by atoms with Gasteiger partial charge < -0.3 is 13.5 Å². The van der Waals surface area contributed by atoms with Gasteiger partial charge in [0.15, 0.2) is 12.9 Å². The topological polar surface area (TPSA) is 69.7 Å². The van der Waals surface area contributed by atoms with Crippen molar-refractivity contribution >= 4 is 22.6 Å². The molecule has 0 fully saturated rings. The molecule has 1 atom stereocenters. The molecule has 0 saturated carbocycles. The second kappa shape index (κ2) is 5.89. The smallest absolute Gasteiger partial charge is 0.339 e. The van der Waals surface area contributed by atoms with Gasteiger partial charge in [-0.2, -0.15) is 8.42 Å². The van der Waals surface area contributed by atoms with E-state index in [9.17, 15) is 13.0 Å². The maximum absolute atomic E-state index is 13.5. The predicted octanol–water partition coefficient (Wildman–Crippen LogP) is 3.90. The molecule has 0 amide bonds. The lowest BCUT2D eigenvalue weighted by Crippen LogP contribution is -2.24. The highest BCUT2D eigenvalue weighted by Gasteiger charge is 2.47. The third-order valence-electron chi connectivity index (χ3n) is 4.32. The summed E-state index contributed by atoms with van der Waals surface area (Å²) in [5.74, 6) is 0.503. The van der Waals surface area contributed by atoms with Crippen LogP contribution in [0.2, 0.25) is 0 Å². The number of fused-ring (bicyclic) bond motifs is 1. The molecule has 3 rings (SSSR count). The average molecular weight is 380 g/mol. The first-order valence-electron chi connectivity index (χ1n) is 7.91. The molecular weight excluding hydrogens is 359 g/mol. The SMILES string of the molecule is Cc1ccc(S(=O)(=O)Oc2cccc3c2[P@](=O)(C(C)(C)C)CO3)cc1. The molecule has 25 heavy (non-hydrogen) atoms. The van der Waals surface area contributed by atoms with Gasteiger partial charge in [0.1, 0.15) is 22.3 Å². The van der Waals surface area contributed by atoms with Gasteiger partial charge in [0, 0.05) is 5.16 Å². The molecule has 0 unspecified atom stereocenters. The number of hydrogen-bond acceptors (Lipinski definition) is 5. The fraction of sp³-hybridized carbons (Fsp3) is 0.333. The van der Waals surface area contributed by atoms with Crippen LogP contribution in [0.25, 0.3) is 0 Å². The van der Waals surface area contributed by atoms with Crippen molar-refractivity contribution in [3.63, 3.8) is 0 Å². The molecule has 5 nitrogen and oxygen atoms in total. The van der Waals surface area contributed by atoms with E-state index in [4.69, 9.17) is 8.92 Å². The van der Waals surface area contributed by atoms with Crippen LogP contribution in [0.15, 0.2) is 47.4 Å². The molecule has 2 aromatic carbocycles. The molecule has 7 heteroatoms. The van der Waals surface area contributed by atoms with Gasteiger partial charge in [-0.25, -0.2) is 0 Å². The summed E-state index contributed by atoms with van der Waals surface area (Å²) in [6.07, 6.45) is 0.0524. The molecule has 0 spiro atoms. The van der Waals surface area contributed by atoms with Crippen LogP contribution in [0.1, 0.15) is 26.3 Å². The second-order valence-electron chi connectivity index (χ2n) is 7.14. The quantitative estimate of drug-likeness (QED) is 0.597. The van der Waals surface area contributed by atoms with E-state index in [1.54, 1.807) is 24.3 Å². The van der Waals surface area contributed by atoms with Gasteiger partial charge >= 0.3 is 10.1 Å². The Labute approximate surface area is 148 Å². The monoisotopic (exact) mass is 380 g/mol. The van der Waals surface area contributed by atoms with E-state index in [1.165, 1.54) is 18.2 Å². The van der Waals surface area contributed by atoms with Crippen LogP contribution in [0, 0.1) is 6.92 Å². The third kappa shape index (κ3) is 3.09. The summed E-state index contributed by atoms with van der Waals surface area (Å²) in [5.41, 5.74) is 0.949. The van der Waals surface area contributed by atoms with Crippen molar-refractivity contribution in [2.45, 2.75) is 37.7 Å². The highest BCUT2D eigenvalue weighted by molar-refractivity contribution is 7.87. The molecule has 2 aromatic rings. The average Bonchev–Trinajstić information content (AvgIpc) is 2.87. The van der Waals surface area contributed by atoms with Gasteiger partial charge in [0.05, 0.1) is 0 Å². The fourth-order valence-corrected chi connectivity index (χ4v) is 6.15. The minimum atomic E-state index is -4.02. The van der Waals surface area contributed by atoms with Crippen LogP contribution < -0.4 is 14.2 Å². The number of aryl methyl sites for hydroxylation is 1. The minimum absolute atomic E-state index is 0.0524. The van der Waals surface area contributed by atoms with Crippen molar-refractivity contribution in [3.8, 4) is 11.5 Å². The maximum atomic E-state index is 13.5. The van der Waals surface area contributed by atoms with E-state index in [-0.39, 0.29) is 17.0 Å². The van der Waals surface area contributed by atoms with Crippen LogP contribution in [-0.2, 0) is 14.7 Å². The Hall–Kier alpha value is -1.78. The van der Waals surface area contributed by atoms with E-state index in [0.717, 1.165) is 5.56 Å². The van der Waals surface area contributed by atoms with Crippen molar-refractivity contribution < 1.29 is 21.9 Å². The zero-order valence-corrected chi connectivity index (χ0v) is 16.4. The summed E-state index contributed by atoms with van der Waals surface area (Å²) in [5, 5.41) is -0.191. The molecule has 134 valence electrons. The van der Waals surface area contributed by atoms with Crippen molar-refractivity contribution in [3.05, 3.63) is 48.0 Å². The summed E-state index contributed by atoms with van der Waals surface area (Å²) in [4.78, 5) is 0.0557. The largest absolute Gasteiger partial charge is 0.485 e. The number of benzene rings is 2. The maximum Gasteiger partial charge on any atom is 0.339 e. The van der Waals surface area contributed by atoms with Gasteiger partial charge in [-0.05, 0) is 31.2 Å². The summed E-state index contributed by atoms with van der Waals surface area (Å²) in [7, 11) is -7.00. The van der Waals surface area contributed by atoms with E-state index in [0.29, 0.717) is 11.1 Å². The summed E-state index contributed by atoms with van der Waals surface area (Å²) < 4.78 is 49.7. The van der Waals surface area contributed by atoms with Crippen molar-refractivity contribution in [2.75, 3.05) is 6.35 Å². The normalized spacial score (nSPS) is 20.0. The molecule has 1 aliphatic heterocycles. The molecule has 0 radical (unpaired) electrons. The van der Waals surface area contributed by atoms with E-state index in [2.05, 4.69) is 0 Å². The second-order valence-corrected chi connectivity index (χ2v) is 12.2. The number of hydrogen-bond donors (Lipinski definition) is 0. The molecular formula is C18H21O5PS. The van der Waals surface area contributed by atoms with Crippen molar-refractivity contribution in [1.29, 1.82) is 0 Å². The van der Waals surface area contributed by atoms with Gasteiger partial charge in [0.2, 0.25) is 0 Å². The molecule has 0 aliphatic carbocycles. The zero-order chi connectivity index (χ0) is 18.5. The van der Waals surface area contributed by atoms with Gasteiger partial charge in [-0.1, -0.05) is 44.5 Å². The van der Waals surface area contributed by atoms with E-state index in [1.807, 2.05) is 27.7 Å². The Balaban J connectivity index is 2.08. The summed E-state index contributed by atoms with van der Waals surface area (Å²) in [6, 6.07) is 11.2. The van der Waals surface area contributed by atoms with E-state index >= 15 is 0 Å². The molecule has 1 aliphatic rings. The molecule has 0 aromatic heterocycles. The standard InChI is InChI=1S/C18H21O5PS/c1-13-8-10-14(11-9-13)25(20,21)23-16-7-5-6-15-17(16)24(19,12-22-15)18(2,3)4/h5-11H,12H2,1-4H3/t24-/m0/s1. The fourth-order valence-electron chi connectivity index (χ4n) is 2.67. The lowest BCUT2D eigenvalue weighted by atomic mass is 10.2. The number of ether oxygens (including phenoxy) is 1. The van der Waals surface area contributed by atoms with Gasteiger partial charge in [-0.15, -0.1) is 0 Å². The van der Waals surface area contributed by atoms with Crippen LogP contribution in [0.3, 0.4) is 0 Å².